The molecule has 3 aromatic rings. The van der Waals surface area contributed by atoms with Gasteiger partial charge in [-0.15, -0.1) is 0 Å². The number of anilines is 2. The van der Waals surface area contributed by atoms with E-state index in [0.29, 0.717) is 22.0 Å². The maximum Gasteiger partial charge on any atom is 0.261 e. The van der Waals surface area contributed by atoms with Gasteiger partial charge in [0.1, 0.15) is 0 Å². The second-order valence-corrected chi connectivity index (χ2v) is 8.65. The Kier molecular flexibility index (Phi) is 6.77. The first kappa shape index (κ1) is 21.8. The molecule has 0 bridgehead atoms. The van der Waals surface area contributed by atoms with Crippen LogP contribution in [0.2, 0.25) is 5.02 Å². The number of halogens is 1. The van der Waals surface area contributed by atoms with Crippen molar-refractivity contribution in [1.29, 1.82) is 0 Å². The van der Waals surface area contributed by atoms with Crippen molar-refractivity contribution in [2.45, 2.75) is 17.9 Å². The van der Waals surface area contributed by atoms with Gasteiger partial charge in [0.2, 0.25) is 0 Å². The van der Waals surface area contributed by atoms with E-state index in [1.807, 2.05) is 18.2 Å². The molecule has 0 saturated heterocycles. The van der Waals surface area contributed by atoms with Crippen molar-refractivity contribution < 1.29 is 17.9 Å². The lowest BCUT2D eigenvalue weighted by Gasteiger charge is -2.16. The highest BCUT2D eigenvalue weighted by Gasteiger charge is 2.21. The topological polar surface area (TPSA) is 84.5 Å². The Morgan fingerprint density at radius 1 is 0.967 bits per heavy atom. The predicted octanol–water partition coefficient (Wildman–Crippen LogP) is 4.78. The smallest absolute Gasteiger partial charge is 0.261 e. The monoisotopic (exact) mass is 444 g/mol. The number of hydrogen-bond donors (Lipinski definition) is 2. The van der Waals surface area contributed by atoms with E-state index in [4.69, 9.17) is 16.3 Å². The number of carbonyl (C=O) groups excluding carboxylic acids is 1. The quantitative estimate of drug-likeness (QED) is 0.549. The molecule has 30 heavy (non-hydrogen) atoms. The lowest BCUT2D eigenvalue weighted by Crippen LogP contribution is -2.22. The molecule has 0 fully saturated rings. The van der Waals surface area contributed by atoms with Crippen molar-refractivity contribution in [3.63, 3.8) is 0 Å². The van der Waals surface area contributed by atoms with Crippen molar-refractivity contribution in [2.24, 2.45) is 0 Å². The average molecular weight is 445 g/mol. The maximum atomic E-state index is 12.7. The van der Waals surface area contributed by atoms with E-state index in [2.05, 4.69) is 10.0 Å². The van der Waals surface area contributed by atoms with Crippen molar-refractivity contribution in [2.75, 3.05) is 17.1 Å². The summed E-state index contributed by atoms with van der Waals surface area (Å²) >= 11 is 6.05. The zero-order valence-electron chi connectivity index (χ0n) is 16.4. The molecule has 8 heteroatoms. The van der Waals surface area contributed by atoms with Crippen molar-refractivity contribution in [3.8, 4) is 0 Å². The molecule has 0 aliphatic carbocycles. The van der Waals surface area contributed by atoms with Crippen molar-refractivity contribution in [3.05, 3.63) is 88.9 Å². The summed E-state index contributed by atoms with van der Waals surface area (Å²) in [7, 11) is -2.35. The molecule has 2 N–H and O–H groups in total. The molecule has 0 aromatic heterocycles. The first-order valence-electron chi connectivity index (χ1n) is 9.08. The lowest BCUT2D eigenvalue weighted by atomic mass is 10.1. The normalized spacial score (nSPS) is 12.2. The van der Waals surface area contributed by atoms with Crippen LogP contribution in [0.3, 0.4) is 0 Å². The van der Waals surface area contributed by atoms with Crippen LogP contribution in [0.5, 0.6) is 0 Å². The molecule has 6 nitrogen and oxygen atoms in total. The molecule has 3 aromatic carbocycles. The van der Waals surface area contributed by atoms with Gasteiger partial charge in [-0.25, -0.2) is 8.42 Å². The molecule has 156 valence electrons. The molecule has 3 rings (SSSR count). The van der Waals surface area contributed by atoms with E-state index in [0.717, 1.165) is 5.56 Å². The number of hydrogen-bond acceptors (Lipinski definition) is 4. The van der Waals surface area contributed by atoms with E-state index in [1.54, 1.807) is 37.3 Å². The summed E-state index contributed by atoms with van der Waals surface area (Å²) in [6.45, 7) is 1.73. The summed E-state index contributed by atoms with van der Waals surface area (Å²) < 4.78 is 33.2. The van der Waals surface area contributed by atoms with Gasteiger partial charge in [0, 0.05) is 17.8 Å². The number of rotatable bonds is 7. The summed E-state index contributed by atoms with van der Waals surface area (Å²) in [5, 5.41) is 3.21. The standard InChI is InChI=1S/C22H21ClN2O4S/c1-15-19(23)9-6-10-20(15)25-30(27,28)18-13-11-17(12-14-18)24-22(26)21(29-2)16-7-4-3-5-8-16/h3-14,21,25H,1-2H3,(H,24,26)/t21-/m0/s1. The minimum atomic E-state index is -3.81. The summed E-state index contributed by atoms with van der Waals surface area (Å²) in [6, 6.07) is 20.0. The Balaban J connectivity index is 1.74. The molecular formula is C22H21ClN2O4S. The van der Waals surface area contributed by atoms with Gasteiger partial charge in [-0.05, 0) is 54.4 Å². The van der Waals surface area contributed by atoms with Gasteiger partial charge in [0.25, 0.3) is 15.9 Å². The molecule has 0 radical (unpaired) electrons. The third-order valence-electron chi connectivity index (χ3n) is 4.52. The predicted molar refractivity (Wildman–Crippen MR) is 118 cm³/mol. The summed E-state index contributed by atoms with van der Waals surface area (Å²) in [6.07, 6.45) is -0.776. The van der Waals surface area contributed by atoms with Gasteiger partial charge >= 0.3 is 0 Å². The molecular weight excluding hydrogens is 424 g/mol. The zero-order chi connectivity index (χ0) is 21.7. The van der Waals surface area contributed by atoms with Crippen molar-refractivity contribution >= 4 is 38.9 Å². The van der Waals surface area contributed by atoms with Gasteiger partial charge in [-0.1, -0.05) is 48.0 Å². The zero-order valence-corrected chi connectivity index (χ0v) is 18.0. The Labute approximate surface area is 180 Å². The number of sulfonamides is 1. The van der Waals surface area contributed by atoms with E-state index < -0.39 is 16.1 Å². The fourth-order valence-electron chi connectivity index (χ4n) is 2.87. The van der Waals surface area contributed by atoms with Crippen LogP contribution >= 0.6 is 11.6 Å². The molecule has 0 aliphatic heterocycles. The summed E-state index contributed by atoms with van der Waals surface area (Å²) in [4.78, 5) is 12.6. The average Bonchev–Trinajstić information content (AvgIpc) is 2.73. The third-order valence-corrected chi connectivity index (χ3v) is 6.31. The van der Waals surface area contributed by atoms with Gasteiger partial charge < -0.3 is 10.1 Å². The molecule has 0 heterocycles. The minimum absolute atomic E-state index is 0.0613. The molecule has 1 atom stereocenters. The molecule has 0 saturated carbocycles. The van der Waals surface area contributed by atoms with E-state index in [-0.39, 0.29) is 10.8 Å². The fraction of sp³-hybridized carbons (Fsp3) is 0.136. The Bertz CT molecular complexity index is 1130. The number of amides is 1. The Morgan fingerprint density at radius 3 is 2.27 bits per heavy atom. The van der Waals surface area contributed by atoms with E-state index in [1.165, 1.54) is 31.4 Å². The Hall–Kier alpha value is -2.87. The third kappa shape index (κ3) is 4.99. The molecule has 1 amide bonds. The highest BCUT2D eigenvalue weighted by atomic mass is 35.5. The summed E-state index contributed by atoms with van der Waals surface area (Å²) in [5.74, 6) is -0.355. The van der Waals surface area contributed by atoms with Crippen LogP contribution in [0.4, 0.5) is 11.4 Å². The first-order valence-corrected chi connectivity index (χ1v) is 10.9. The van der Waals surface area contributed by atoms with Gasteiger partial charge in [0.15, 0.2) is 6.10 Å². The van der Waals surface area contributed by atoms with Crippen LogP contribution in [0.25, 0.3) is 0 Å². The van der Waals surface area contributed by atoms with Crippen LogP contribution < -0.4 is 10.0 Å². The second kappa shape index (κ2) is 9.30. The first-order chi connectivity index (χ1) is 14.3. The fourth-order valence-corrected chi connectivity index (χ4v) is 4.17. The van der Waals surface area contributed by atoms with E-state index >= 15 is 0 Å². The van der Waals surface area contributed by atoms with Crippen LogP contribution in [-0.4, -0.2) is 21.4 Å². The second-order valence-electron chi connectivity index (χ2n) is 6.56. The lowest BCUT2D eigenvalue weighted by molar-refractivity contribution is -0.126. The minimum Gasteiger partial charge on any atom is -0.367 e. The van der Waals surface area contributed by atoms with Crippen LogP contribution in [-0.2, 0) is 19.6 Å². The number of methoxy groups -OCH3 is 1. The number of carbonyl (C=O) groups is 1. The summed E-state index contributed by atoms with van der Waals surface area (Å²) in [5.41, 5.74) is 2.22. The van der Waals surface area contributed by atoms with Crippen LogP contribution in [0, 0.1) is 6.92 Å². The highest BCUT2D eigenvalue weighted by molar-refractivity contribution is 7.92. The Morgan fingerprint density at radius 2 is 1.63 bits per heavy atom. The SMILES string of the molecule is CO[C@H](C(=O)Nc1ccc(S(=O)(=O)Nc2cccc(Cl)c2C)cc1)c1ccccc1. The van der Waals surface area contributed by atoms with Gasteiger partial charge in [-0.3, -0.25) is 9.52 Å². The van der Waals surface area contributed by atoms with E-state index in [9.17, 15) is 13.2 Å². The largest absolute Gasteiger partial charge is 0.367 e. The highest BCUT2D eigenvalue weighted by Crippen LogP contribution is 2.26. The van der Waals surface area contributed by atoms with Crippen LogP contribution in [0.1, 0.15) is 17.2 Å². The number of nitrogens with one attached hydrogen (secondary N) is 2. The number of ether oxygens (including phenoxy) is 1. The molecule has 0 aliphatic rings. The molecule has 0 spiro atoms. The maximum absolute atomic E-state index is 12.7. The molecule has 0 unspecified atom stereocenters. The number of benzene rings is 3. The van der Waals surface area contributed by atoms with Crippen LogP contribution in [0.15, 0.2) is 77.7 Å². The van der Waals surface area contributed by atoms with Gasteiger partial charge in [-0.2, -0.15) is 0 Å². The van der Waals surface area contributed by atoms with Gasteiger partial charge in [0.05, 0.1) is 10.6 Å². The van der Waals surface area contributed by atoms with Crippen molar-refractivity contribution in [1.82, 2.24) is 0 Å².